The largest absolute Gasteiger partial charge is 0.479 e. The lowest BCUT2D eigenvalue weighted by atomic mass is 10.1. The van der Waals surface area contributed by atoms with Crippen LogP contribution in [0.1, 0.15) is 19.8 Å². The number of ether oxygens (including phenoxy) is 1. The van der Waals surface area contributed by atoms with Crippen molar-refractivity contribution in [2.75, 3.05) is 11.4 Å². The van der Waals surface area contributed by atoms with Gasteiger partial charge in [0.25, 0.3) is 5.91 Å². The zero-order valence-corrected chi connectivity index (χ0v) is 11.1. The number of halogens is 1. The van der Waals surface area contributed by atoms with Crippen molar-refractivity contribution in [3.05, 3.63) is 30.1 Å². The normalized spacial score (nSPS) is 21.7. The second-order valence-electron chi connectivity index (χ2n) is 4.59. The van der Waals surface area contributed by atoms with Crippen LogP contribution in [0.5, 0.6) is 0 Å². The van der Waals surface area contributed by atoms with Crippen LogP contribution in [0.3, 0.4) is 0 Å². The highest BCUT2D eigenvalue weighted by atomic mass is 19.1. The monoisotopic (exact) mass is 281 g/mol. The number of carbonyl (C=O) groups is 2. The number of aliphatic carboxylic acids is 1. The summed E-state index contributed by atoms with van der Waals surface area (Å²) in [6.45, 7) is 2.13. The molecule has 0 unspecified atom stereocenters. The van der Waals surface area contributed by atoms with Crippen molar-refractivity contribution in [1.82, 2.24) is 0 Å². The molecule has 1 heterocycles. The quantitative estimate of drug-likeness (QED) is 0.914. The van der Waals surface area contributed by atoms with Gasteiger partial charge < -0.3 is 14.7 Å². The summed E-state index contributed by atoms with van der Waals surface area (Å²) in [5.74, 6) is -1.82. The highest BCUT2D eigenvalue weighted by Gasteiger charge is 2.36. The summed E-state index contributed by atoms with van der Waals surface area (Å²) in [5.41, 5.74) is 0.444. The first kappa shape index (κ1) is 14.5. The summed E-state index contributed by atoms with van der Waals surface area (Å²) in [5, 5.41) is 8.86. The minimum atomic E-state index is -1.06. The van der Waals surface area contributed by atoms with E-state index in [0.29, 0.717) is 25.1 Å². The van der Waals surface area contributed by atoms with Crippen molar-refractivity contribution in [2.45, 2.75) is 32.0 Å². The number of rotatable bonds is 4. The van der Waals surface area contributed by atoms with Crippen LogP contribution in [0.2, 0.25) is 0 Å². The number of carbonyl (C=O) groups excluding carboxylic acids is 1. The van der Waals surface area contributed by atoms with Gasteiger partial charge in [-0.2, -0.15) is 0 Å². The lowest BCUT2D eigenvalue weighted by Crippen LogP contribution is -2.39. The lowest BCUT2D eigenvalue weighted by Gasteiger charge is -2.24. The van der Waals surface area contributed by atoms with Gasteiger partial charge in [0.15, 0.2) is 6.10 Å². The number of nitrogens with zero attached hydrogens (tertiary/aromatic N) is 1. The molecule has 0 bridgehead atoms. The number of hydrogen-bond acceptors (Lipinski definition) is 3. The van der Waals surface area contributed by atoms with Crippen LogP contribution in [0.4, 0.5) is 10.1 Å². The topological polar surface area (TPSA) is 66.8 Å². The number of carboxylic acids is 1. The minimum Gasteiger partial charge on any atom is -0.479 e. The Morgan fingerprint density at radius 3 is 2.65 bits per heavy atom. The Morgan fingerprint density at radius 2 is 2.10 bits per heavy atom. The van der Waals surface area contributed by atoms with Crippen molar-refractivity contribution in [1.29, 1.82) is 0 Å². The molecule has 1 N–H and O–H groups in total. The molecule has 1 aliphatic rings. The lowest BCUT2D eigenvalue weighted by molar-refractivity contribution is -0.151. The van der Waals surface area contributed by atoms with Crippen LogP contribution in [0.25, 0.3) is 0 Å². The molecule has 1 fully saturated rings. The molecule has 1 saturated heterocycles. The van der Waals surface area contributed by atoms with E-state index in [1.807, 2.05) is 0 Å². The van der Waals surface area contributed by atoms with Crippen LogP contribution >= 0.6 is 0 Å². The van der Waals surface area contributed by atoms with Gasteiger partial charge in [-0.05, 0) is 38.0 Å². The number of likely N-dealkylation sites (N-methyl/N-ethyl adjacent to an activating group) is 1. The van der Waals surface area contributed by atoms with Crippen molar-refractivity contribution in [3.63, 3.8) is 0 Å². The van der Waals surface area contributed by atoms with Crippen LogP contribution in [-0.2, 0) is 14.3 Å². The standard InChI is InChI=1S/C14H16FNO4/c1-2-16(10-5-3-4-9(15)8-10)13(17)11-6-7-12(20-11)14(18)19/h3-5,8,11-12H,2,6-7H2,1H3,(H,18,19)/t11-,12+/m0/s1. The summed E-state index contributed by atoms with van der Waals surface area (Å²) < 4.78 is 18.5. The van der Waals surface area contributed by atoms with Gasteiger partial charge in [0.2, 0.25) is 0 Å². The maximum atomic E-state index is 13.2. The van der Waals surface area contributed by atoms with Gasteiger partial charge in [-0.1, -0.05) is 6.07 Å². The first-order valence-corrected chi connectivity index (χ1v) is 6.48. The molecule has 0 radical (unpaired) electrons. The van der Waals surface area contributed by atoms with Crippen LogP contribution < -0.4 is 4.90 Å². The Balaban J connectivity index is 2.12. The Kier molecular flexibility index (Phi) is 4.34. The summed E-state index contributed by atoms with van der Waals surface area (Å²) in [7, 11) is 0. The fourth-order valence-corrected chi connectivity index (χ4v) is 2.28. The Morgan fingerprint density at radius 1 is 1.40 bits per heavy atom. The molecule has 0 aromatic heterocycles. The predicted octanol–water partition coefficient (Wildman–Crippen LogP) is 1.81. The van der Waals surface area contributed by atoms with E-state index in [1.165, 1.54) is 23.1 Å². The van der Waals surface area contributed by atoms with Gasteiger partial charge in [0, 0.05) is 12.2 Å². The van der Waals surface area contributed by atoms with Gasteiger partial charge in [-0.3, -0.25) is 4.79 Å². The third-order valence-corrected chi connectivity index (χ3v) is 3.27. The predicted molar refractivity (Wildman–Crippen MR) is 70.0 cm³/mol. The molecule has 0 aliphatic carbocycles. The van der Waals surface area contributed by atoms with Crippen molar-refractivity contribution in [2.24, 2.45) is 0 Å². The molecule has 20 heavy (non-hydrogen) atoms. The van der Waals surface area contributed by atoms with E-state index in [1.54, 1.807) is 13.0 Å². The molecule has 1 aliphatic heterocycles. The molecule has 1 amide bonds. The number of benzene rings is 1. The molecule has 0 saturated carbocycles. The molecule has 5 nitrogen and oxygen atoms in total. The van der Waals surface area contributed by atoms with Crippen molar-refractivity contribution < 1.29 is 23.8 Å². The third-order valence-electron chi connectivity index (χ3n) is 3.27. The number of anilines is 1. The molecule has 2 rings (SSSR count). The van der Waals surface area contributed by atoms with Gasteiger partial charge in [-0.15, -0.1) is 0 Å². The van der Waals surface area contributed by atoms with E-state index in [2.05, 4.69) is 0 Å². The van der Waals surface area contributed by atoms with E-state index in [-0.39, 0.29) is 5.91 Å². The maximum Gasteiger partial charge on any atom is 0.332 e. The Labute approximate surface area is 116 Å². The highest BCUT2D eigenvalue weighted by Crippen LogP contribution is 2.24. The molecule has 6 heteroatoms. The molecule has 0 spiro atoms. The van der Waals surface area contributed by atoms with Gasteiger partial charge in [0.05, 0.1) is 0 Å². The fourth-order valence-electron chi connectivity index (χ4n) is 2.28. The first-order chi connectivity index (χ1) is 9.52. The van der Waals surface area contributed by atoms with E-state index in [9.17, 15) is 14.0 Å². The molecule has 2 atom stereocenters. The number of amides is 1. The van der Waals surface area contributed by atoms with Gasteiger partial charge in [0.1, 0.15) is 11.9 Å². The smallest absolute Gasteiger partial charge is 0.332 e. The molecule has 1 aromatic rings. The zero-order valence-electron chi connectivity index (χ0n) is 11.1. The summed E-state index contributed by atoms with van der Waals surface area (Å²) in [6.07, 6.45) is -1.04. The Bertz CT molecular complexity index is 520. The second kappa shape index (κ2) is 6.00. The molecule has 108 valence electrons. The molecular weight excluding hydrogens is 265 g/mol. The van der Waals surface area contributed by atoms with Crippen LogP contribution in [0.15, 0.2) is 24.3 Å². The number of hydrogen-bond donors (Lipinski definition) is 1. The van der Waals surface area contributed by atoms with Gasteiger partial charge >= 0.3 is 5.97 Å². The van der Waals surface area contributed by atoms with Gasteiger partial charge in [-0.25, -0.2) is 9.18 Å². The van der Waals surface area contributed by atoms with Crippen LogP contribution in [0, 0.1) is 5.82 Å². The summed E-state index contributed by atoms with van der Waals surface area (Å²) >= 11 is 0. The number of carboxylic acid groups (broad SMARTS) is 1. The minimum absolute atomic E-state index is 0.312. The summed E-state index contributed by atoms with van der Waals surface area (Å²) in [4.78, 5) is 24.6. The maximum absolute atomic E-state index is 13.2. The summed E-state index contributed by atoms with van der Waals surface area (Å²) in [6, 6.07) is 5.73. The Hall–Kier alpha value is -1.95. The fraction of sp³-hybridized carbons (Fsp3) is 0.429. The molecular formula is C14H16FNO4. The average molecular weight is 281 g/mol. The SMILES string of the molecule is CCN(C(=O)[C@@H]1CC[C@H](C(=O)O)O1)c1cccc(F)c1. The van der Waals surface area contributed by atoms with E-state index in [4.69, 9.17) is 9.84 Å². The van der Waals surface area contributed by atoms with Crippen LogP contribution in [-0.4, -0.2) is 35.7 Å². The molecule has 1 aromatic carbocycles. The third kappa shape index (κ3) is 2.96. The first-order valence-electron chi connectivity index (χ1n) is 6.48. The van der Waals surface area contributed by atoms with Crippen molar-refractivity contribution in [3.8, 4) is 0 Å². The average Bonchev–Trinajstić information content (AvgIpc) is 2.89. The van der Waals surface area contributed by atoms with E-state index in [0.717, 1.165) is 0 Å². The van der Waals surface area contributed by atoms with Crippen molar-refractivity contribution >= 4 is 17.6 Å². The van der Waals surface area contributed by atoms with E-state index < -0.39 is 24.0 Å². The zero-order chi connectivity index (χ0) is 14.7. The highest BCUT2D eigenvalue weighted by molar-refractivity contribution is 5.97. The van der Waals surface area contributed by atoms with E-state index >= 15 is 0 Å². The second-order valence-corrected chi connectivity index (χ2v) is 4.59.